The molecule has 1 aromatic carbocycles. The Balaban J connectivity index is 1.30. The first-order chi connectivity index (χ1) is 18.5. The molecule has 2 aliphatic heterocycles. The highest BCUT2D eigenvalue weighted by Crippen LogP contribution is 2.36. The first-order valence-corrected chi connectivity index (χ1v) is 14.1. The Morgan fingerprint density at radius 1 is 1.16 bits per heavy atom. The molecule has 0 saturated carbocycles. The van der Waals surface area contributed by atoms with Gasteiger partial charge in [-0.15, -0.1) is 11.3 Å². The predicted octanol–water partition coefficient (Wildman–Crippen LogP) is 2.84. The molecule has 10 nitrogen and oxygen atoms in total. The summed E-state index contributed by atoms with van der Waals surface area (Å²) >= 11 is 1.78. The van der Waals surface area contributed by atoms with Crippen molar-refractivity contribution in [3.8, 4) is 11.4 Å². The van der Waals surface area contributed by atoms with E-state index in [0.29, 0.717) is 19.0 Å². The number of carbonyl (C=O) groups is 1. The number of H-pyrrole nitrogens is 1. The van der Waals surface area contributed by atoms with Crippen molar-refractivity contribution in [2.45, 2.75) is 32.4 Å². The number of hydrogen-bond donors (Lipinski definition) is 2. The van der Waals surface area contributed by atoms with Crippen molar-refractivity contribution in [2.24, 2.45) is 5.73 Å². The number of morpholine rings is 1. The number of amides is 1. The molecule has 1 amide bonds. The Morgan fingerprint density at radius 3 is 2.68 bits per heavy atom. The van der Waals surface area contributed by atoms with Gasteiger partial charge < -0.3 is 15.4 Å². The highest BCUT2D eigenvalue weighted by molar-refractivity contribution is 7.19. The normalized spacial score (nSPS) is 19.3. The molecule has 2 saturated heterocycles. The number of rotatable bonds is 7. The molecule has 3 aromatic heterocycles. The van der Waals surface area contributed by atoms with Crippen molar-refractivity contribution in [3.63, 3.8) is 0 Å². The Labute approximate surface area is 225 Å². The molecule has 6 rings (SSSR count). The molecule has 3 N–H and O–H groups in total. The number of benzene rings is 1. The maximum absolute atomic E-state index is 12.1. The molecular formula is C27H34N8O2S. The number of thiophene rings is 1. The molecule has 200 valence electrons. The Kier molecular flexibility index (Phi) is 6.77. The highest BCUT2D eigenvalue weighted by atomic mass is 32.1. The largest absolute Gasteiger partial charge is 0.378 e. The molecule has 2 aliphatic rings. The zero-order valence-electron chi connectivity index (χ0n) is 21.9. The molecule has 38 heavy (non-hydrogen) atoms. The second kappa shape index (κ2) is 10.2. The van der Waals surface area contributed by atoms with Crippen LogP contribution in [0.1, 0.15) is 25.1 Å². The van der Waals surface area contributed by atoms with E-state index in [0.717, 1.165) is 84.7 Å². The van der Waals surface area contributed by atoms with E-state index in [9.17, 15) is 4.79 Å². The SMILES string of the molecule is CCC(C)(C(N)=O)N1CCN(Cc2cc3nc(-c4cccc5[nH]ncc45)nc(N4CCOCC4)c3s2)CC1. The van der Waals surface area contributed by atoms with E-state index >= 15 is 0 Å². The molecule has 0 bridgehead atoms. The fourth-order valence-corrected chi connectivity index (χ4v) is 6.64. The second-order valence-electron chi connectivity index (χ2n) is 10.3. The van der Waals surface area contributed by atoms with E-state index in [4.69, 9.17) is 20.4 Å². The molecule has 5 heterocycles. The summed E-state index contributed by atoms with van der Waals surface area (Å²) in [6.07, 6.45) is 2.56. The average molecular weight is 535 g/mol. The quantitative estimate of drug-likeness (QED) is 0.372. The van der Waals surface area contributed by atoms with Gasteiger partial charge in [0.1, 0.15) is 0 Å². The zero-order chi connectivity index (χ0) is 26.3. The summed E-state index contributed by atoms with van der Waals surface area (Å²) in [6, 6.07) is 8.31. The first kappa shape index (κ1) is 25.2. The van der Waals surface area contributed by atoms with Crippen LogP contribution in [0.15, 0.2) is 30.5 Å². The standard InChI is InChI=1S/C27H34N8O2S/c1-3-27(2,26(28)36)35-9-7-33(8-10-35)17-18-15-22-23(38-18)25(34-11-13-37-14-12-34)31-24(30-22)19-5-4-6-21-20(19)16-29-32-21/h4-6,15-16H,3,7-14,17H2,1-2H3,(H2,28,36)(H,29,32). The Hall–Kier alpha value is -3.12. The van der Waals surface area contributed by atoms with Gasteiger partial charge in [-0.25, -0.2) is 9.97 Å². The van der Waals surface area contributed by atoms with Gasteiger partial charge in [-0.3, -0.25) is 19.7 Å². The highest BCUT2D eigenvalue weighted by Gasteiger charge is 2.37. The monoisotopic (exact) mass is 534 g/mol. The number of nitrogens with zero attached hydrogens (tertiary/aromatic N) is 6. The van der Waals surface area contributed by atoms with Crippen LogP contribution >= 0.6 is 11.3 Å². The van der Waals surface area contributed by atoms with Crippen LogP contribution in [0.25, 0.3) is 32.5 Å². The molecular weight excluding hydrogens is 500 g/mol. The van der Waals surface area contributed by atoms with Crippen molar-refractivity contribution in [1.29, 1.82) is 0 Å². The number of piperazine rings is 1. The topological polar surface area (TPSA) is 116 Å². The van der Waals surface area contributed by atoms with Gasteiger partial charge in [0, 0.05) is 61.6 Å². The minimum atomic E-state index is -0.583. The number of nitrogens with one attached hydrogen (secondary N) is 1. The maximum Gasteiger partial charge on any atom is 0.237 e. The summed E-state index contributed by atoms with van der Waals surface area (Å²) in [6.45, 7) is 11.3. The van der Waals surface area contributed by atoms with E-state index in [1.807, 2.05) is 32.2 Å². The lowest BCUT2D eigenvalue weighted by Crippen LogP contribution is -2.60. The maximum atomic E-state index is 12.1. The van der Waals surface area contributed by atoms with E-state index < -0.39 is 5.54 Å². The van der Waals surface area contributed by atoms with E-state index in [1.54, 1.807) is 11.3 Å². The van der Waals surface area contributed by atoms with E-state index in [-0.39, 0.29) is 5.91 Å². The number of aromatic amines is 1. The number of primary amides is 1. The van der Waals surface area contributed by atoms with Gasteiger partial charge in [0.15, 0.2) is 11.6 Å². The van der Waals surface area contributed by atoms with Gasteiger partial charge in [-0.2, -0.15) is 5.10 Å². The minimum absolute atomic E-state index is 0.242. The fourth-order valence-electron chi connectivity index (χ4n) is 5.49. The van der Waals surface area contributed by atoms with Gasteiger partial charge in [0.2, 0.25) is 5.91 Å². The van der Waals surface area contributed by atoms with Gasteiger partial charge in [-0.05, 0) is 25.5 Å². The minimum Gasteiger partial charge on any atom is -0.378 e. The second-order valence-corrected chi connectivity index (χ2v) is 11.4. The van der Waals surface area contributed by atoms with Crippen molar-refractivity contribution in [1.82, 2.24) is 30.0 Å². The van der Waals surface area contributed by atoms with Crippen molar-refractivity contribution in [3.05, 3.63) is 35.3 Å². The third-order valence-corrected chi connectivity index (χ3v) is 9.21. The Morgan fingerprint density at radius 2 is 1.95 bits per heavy atom. The molecule has 11 heteroatoms. The predicted molar refractivity (Wildman–Crippen MR) is 150 cm³/mol. The lowest BCUT2D eigenvalue weighted by atomic mass is 9.94. The first-order valence-electron chi connectivity index (χ1n) is 13.3. The molecule has 4 aromatic rings. The zero-order valence-corrected chi connectivity index (χ0v) is 22.8. The average Bonchev–Trinajstić information content (AvgIpc) is 3.59. The van der Waals surface area contributed by atoms with Crippen molar-refractivity contribution in [2.75, 3.05) is 57.4 Å². The number of hydrogen-bond acceptors (Lipinski definition) is 9. The number of aromatic nitrogens is 4. The van der Waals surface area contributed by atoms with Crippen LogP contribution in [0.4, 0.5) is 5.82 Å². The van der Waals surface area contributed by atoms with Crippen LogP contribution in [0, 0.1) is 0 Å². The lowest BCUT2D eigenvalue weighted by Gasteiger charge is -2.43. The summed E-state index contributed by atoms with van der Waals surface area (Å²) < 4.78 is 6.74. The number of carbonyl (C=O) groups excluding carboxylic acids is 1. The van der Waals surface area contributed by atoms with Gasteiger partial charge in [0.05, 0.1) is 40.7 Å². The number of fused-ring (bicyclic) bond motifs is 2. The van der Waals surface area contributed by atoms with Gasteiger partial charge >= 0.3 is 0 Å². The Bertz CT molecular complexity index is 1450. The van der Waals surface area contributed by atoms with Crippen molar-refractivity contribution < 1.29 is 9.53 Å². The number of ether oxygens (including phenoxy) is 1. The summed E-state index contributed by atoms with van der Waals surface area (Å²) in [4.78, 5) is 30.5. The summed E-state index contributed by atoms with van der Waals surface area (Å²) in [7, 11) is 0. The molecule has 2 fully saturated rings. The number of nitrogens with two attached hydrogens (primary N) is 1. The smallest absolute Gasteiger partial charge is 0.237 e. The van der Waals surface area contributed by atoms with Crippen LogP contribution in [0.2, 0.25) is 0 Å². The third-order valence-electron chi connectivity index (χ3n) is 8.11. The third kappa shape index (κ3) is 4.53. The molecule has 1 unspecified atom stereocenters. The lowest BCUT2D eigenvalue weighted by molar-refractivity contribution is -0.131. The molecule has 1 atom stereocenters. The van der Waals surface area contributed by atoms with E-state index in [1.165, 1.54) is 4.88 Å². The van der Waals surface area contributed by atoms with Gasteiger partial charge in [0.25, 0.3) is 0 Å². The van der Waals surface area contributed by atoms with E-state index in [2.05, 4.69) is 37.0 Å². The van der Waals surface area contributed by atoms with Crippen LogP contribution in [-0.2, 0) is 16.1 Å². The van der Waals surface area contributed by atoms with Crippen LogP contribution < -0.4 is 10.6 Å². The van der Waals surface area contributed by atoms with Crippen LogP contribution in [-0.4, -0.2) is 93.9 Å². The fraction of sp³-hybridized carbons (Fsp3) is 0.481. The van der Waals surface area contributed by atoms with Crippen LogP contribution in [0.5, 0.6) is 0 Å². The molecule has 0 radical (unpaired) electrons. The summed E-state index contributed by atoms with van der Waals surface area (Å²) in [5.41, 5.74) is 8.09. The van der Waals surface area contributed by atoms with Crippen molar-refractivity contribution >= 4 is 44.2 Å². The molecule has 0 aliphatic carbocycles. The summed E-state index contributed by atoms with van der Waals surface area (Å²) in [5, 5.41) is 8.29. The van der Waals surface area contributed by atoms with Gasteiger partial charge in [-0.1, -0.05) is 19.1 Å². The summed E-state index contributed by atoms with van der Waals surface area (Å²) in [5.74, 6) is 1.46. The van der Waals surface area contributed by atoms with Crippen LogP contribution in [0.3, 0.4) is 0 Å². The molecule has 0 spiro atoms. The number of anilines is 1.